The number of ether oxygens (including phenoxy) is 2. The van der Waals surface area contributed by atoms with Crippen LogP contribution < -0.4 is 10.1 Å². The summed E-state index contributed by atoms with van der Waals surface area (Å²) in [5, 5.41) is 3.55. The molecule has 1 aliphatic heterocycles. The van der Waals surface area contributed by atoms with Gasteiger partial charge in [0.1, 0.15) is 5.75 Å². The van der Waals surface area contributed by atoms with Crippen LogP contribution in [0.15, 0.2) is 18.2 Å². The summed E-state index contributed by atoms with van der Waals surface area (Å²) in [6.07, 6.45) is 6.74. The zero-order valence-corrected chi connectivity index (χ0v) is 12.4. The first kappa shape index (κ1) is 13.9. The molecule has 1 N–H and O–H groups in total. The molecule has 0 saturated heterocycles. The smallest absolute Gasteiger partial charge is 0.122 e. The Kier molecular flexibility index (Phi) is 4.58. The first-order chi connectivity index (χ1) is 9.83. The van der Waals surface area contributed by atoms with Gasteiger partial charge in [0.15, 0.2) is 0 Å². The van der Waals surface area contributed by atoms with E-state index in [1.54, 1.807) is 0 Å². The van der Waals surface area contributed by atoms with Crippen molar-refractivity contribution in [1.29, 1.82) is 0 Å². The Morgan fingerprint density at radius 1 is 1.35 bits per heavy atom. The van der Waals surface area contributed by atoms with E-state index in [1.807, 2.05) is 0 Å². The summed E-state index contributed by atoms with van der Waals surface area (Å²) in [5.41, 5.74) is 2.69. The Bertz CT molecular complexity index is 441. The normalized spacial score (nSPS) is 19.9. The molecule has 1 aliphatic carbocycles. The molecule has 1 unspecified atom stereocenters. The van der Waals surface area contributed by atoms with Gasteiger partial charge in [-0.1, -0.05) is 25.0 Å². The van der Waals surface area contributed by atoms with Crippen LogP contribution >= 0.6 is 0 Å². The standard InChI is InChI=1S/C17H25NO2/c1-13(18-9-11-19-16-4-2-3-5-16)14-6-7-17-15(12-14)8-10-20-17/h6-7,12-13,16,18H,2-5,8-11H2,1H3. The number of hydrogen-bond donors (Lipinski definition) is 1. The Hall–Kier alpha value is -1.06. The fourth-order valence-corrected chi connectivity index (χ4v) is 3.15. The number of hydrogen-bond acceptors (Lipinski definition) is 3. The minimum Gasteiger partial charge on any atom is -0.493 e. The second-order valence-electron chi connectivity index (χ2n) is 5.92. The van der Waals surface area contributed by atoms with Gasteiger partial charge >= 0.3 is 0 Å². The Labute approximate surface area is 121 Å². The first-order valence-corrected chi connectivity index (χ1v) is 7.93. The molecule has 1 heterocycles. The van der Waals surface area contributed by atoms with Gasteiger partial charge in [-0.15, -0.1) is 0 Å². The van der Waals surface area contributed by atoms with E-state index in [4.69, 9.17) is 9.47 Å². The fraction of sp³-hybridized carbons (Fsp3) is 0.647. The van der Waals surface area contributed by atoms with Crippen molar-refractivity contribution in [1.82, 2.24) is 5.32 Å². The summed E-state index contributed by atoms with van der Waals surface area (Å²) in [4.78, 5) is 0. The molecule has 1 aromatic rings. The summed E-state index contributed by atoms with van der Waals surface area (Å²) in [6, 6.07) is 6.91. The quantitative estimate of drug-likeness (QED) is 0.809. The van der Waals surface area contributed by atoms with Crippen molar-refractivity contribution < 1.29 is 9.47 Å². The Morgan fingerprint density at radius 2 is 2.20 bits per heavy atom. The fourth-order valence-electron chi connectivity index (χ4n) is 3.15. The zero-order valence-electron chi connectivity index (χ0n) is 12.4. The number of benzene rings is 1. The van der Waals surface area contributed by atoms with Gasteiger partial charge in [-0.05, 0) is 37.0 Å². The summed E-state index contributed by atoms with van der Waals surface area (Å²) in [7, 11) is 0. The molecular formula is C17H25NO2. The van der Waals surface area contributed by atoms with E-state index in [0.29, 0.717) is 12.1 Å². The molecule has 110 valence electrons. The Balaban J connectivity index is 1.43. The van der Waals surface area contributed by atoms with Gasteiger partial charge in [0.25, 0.3) is 0 Å². The SMILES string of the molecule is CC(NCCOC1CCCC1)c1ccc2c(c1)CCO2. The van der Waals surface area contributed by atoms with Crippen LogP contribution in [0.3, 0.4) is 0 Å². The summed E-state index contributed by atoms with van der Waals surface area (Å²) in [5.74, 6) is 1.06. The van der Waals surface area contributed by atoms with Gasteiger partial charge in [-0.3, -0.25) is 0 Å². The van der Waals surface area contributed by atoms with Crippen molar-refractivity contribution >= 4 is 0 Å². The van der Waals surface area contributed by atoms with Gasteiger partial charge < -0.3 is 14.8 Å². The maximum Gasteiger partial charge on any atom is 0.122 e. The lowest BCUT2D eigenvalue weighted by atomic mass is 10.0. The maximum atomic E-state index is 5.88. The topological polar surface area (TPSA) is 30.5 Å². The largest absolute Gasteiger partial charge is 0.493 e. The molecule has 0 bridgehead atoms. The molecule has 0 amide bonds. The second-order valence-corrected chi connectivity index (χ2v) is 5.92. The minimum absolute atomic E-state index is 0.369. The molecule has 0 radical (unpaired) electrons. The lowest BCUT2D eigenvalue weighted by Gasteiger charge is -2.16. The molecule has 0 spiro atoms. The Morgan fingerprint density at radius 3 is 3.05 bits per heavy atom. The molecular weight excluding hydrogens is 250 g/mol. The minimum atomic E-state index is 0.369. The number of fused-ring (bicyclic) bond motifs is 1. The molecule has 0 aromatic heterocycles. The van der Waals surface area contributed by atoms with E-state index in [0.717, 1.165) is 31.9 Å². The van der Waals surface area contributed by atoms with Crippen LogP contribution in [0.25, 0.3) is 0 Å². The molecule has 1 fully saturated rings. The van der Waals surface area contributed by atoms with Gasteiger partial charge in [0.2, 0.25) is 0 Å². The van der Waals surface area contributed by atoms with Crippen molar-refractivity contribution in [2.45, 2.75) is 51.2 Å². The number of rotatable bonds is 6. The third-order valence-corrected chi connectivity index (χ3v) is 4.42. The van der Waals surface area contributed by atoms with Gasteiger partial charge in [-0.2, -0.15) is 0 Å². The second kappa shape index (κ2) is 6.59. The van der Waals surface area contributed by atoms with Crippen LogP contribution in [-0.4, -0.2) is 25.9 Å². The molecule has 1 aromatic carbocycles. The third kappa shape index (κ3) is 3.33. The van der Waals surface area contributed by atoms with Gasteiger partial charge in [0, 0.05) is 19.0 Å². The highest BCUT2D eigenvalue weighted by Gasteiger charge is 2.16. The van der Waals surface area contributed by atoms with Crippen molar-refractivity contribution in [2.24, 2.45) is 0 Å². The molecule has 2 aliphatic rings. The van der Waals surface area contributed by atoms with Crippen LogP contribution in [-0.2, 0) is 11.2 Å². The highest BCUT2D eigenvalue weighted by atomic mass is 16.5. The molecule has 1 saturated carbocycles. The van der Waals surface area contributed by atoms with Crippen molar-refractivity contribution in [3.8, 4) is 5.75 Å². The maximum absolute atomic E-state index is 5.88. The number of nitrogens with one attached hydrogen (secondary N) is 1. The first-order valence-electron chi connectivity index (χ1n) is 7.93. The van der Waals surface area contributed by atoms with E-state index in [2.05, 4.69) is 30.4 Å². The molecule has 3 rings (SSSR count). The van der Waals surface area contributed by atoms with Crippen LogP contribution in [0.5, 0.6) is 5.75 Å². The molecule has 20 heavy (non-hydrogen) atoms. The van der Waals surface area contributed by atoms with Crippen molar-refractivity contribution in [2.75, 3.05) is 19.8 Å². The van der Waals surface area contributed by atoms with Crippen molar-refractivity contribution in [3.05, 3.63) is 29.3 Å². The van der Waals surface area contributed by atoms with E-state index >= 15 is 0 Å². The molecule has 1 atom stereocenters. The van der Waals surface area contributed by atoms with E-state index in [-0.39, 0.29) is 0 Å². The van der Waals surface area contributed by atoms with Gasteiger partial charge in [0.05, 0.1) is 19.3 Å². The van der Waals surface area contributed by atoms with E-state index in [9.17, 15) is 0 Å². The monoisotopic (exact) mass is 275 g/mol. The van der Waals surface area contributed by atoms with Crippen LogP contribution in [0.2, 0.25) is 0 Å². The predicted molar refractivity (Wildman–Crippen MR) is 80.3 cm³/mol. The average Bonchev–Trinajstić information content (AvgIpc) is 3.13. The average molecular weight is 275 g/mol. The zero-order chi connectivity index (χ0) is 13.8. The molecule has 3 heteroatoms. The van der Waals surface area contributed by atoms with Crippen LogP contribution in [0.4, 0.5) is 0 Å². The predicted octanol–water partition coefficient (Wildman–Crippen LogP) is 3.23. The van der Waals surface area contributed by atoms with E-state index in [1.165, 1.54) is 36.8 Å². The highest BCUT2D eigenvalue weighted by Crippen LogP contribution is 2.28. The lowest BCUT2D eigenvalue weighted by Crippen LogP contribution is -2.25. The summed E-state index contributed by atoms with van der Waals surface area (Å²) < 4.78 is 11.4. The van der Waals surface area contributed by atoms with Crippen LogP contribution in [0, 0.1) is 0 Å². The van der Waals surface area contributed by atoms with Crippen molar-refractivity contribution in [3.63, 3.8) is 0 Å². The third-order valence-electron chi connectivity index (χ3n) is 4.42. The van der Waals surface area contributed by atoms with E-state index < -0.39 is 0 Å². The van der Waals surface area contributed by atoms with Gasteiger partial charge in [-0.25, -0.2) is 0 Å². The lowest BCUT2D eigenvalue weighted by molar-refractivity contribution is 0.0593. The summed E-state index contributed by atoms with van der Waals surface area (Å²) in [6.45, 7) is 4.79. The highest BCUT2D eigenvalue weighted by molar-refractivity contribution is 5.40. The van der Waals surface area contributed by atoms with Crippen LogP contribution in [0.1, 0.15) is 49.8 Å². The molecule has 3 nitrogen and oxygen atoms in total. The summed E-state index contributed by atoms with van der Waals surface area (Å²) >= 11 is 0.